The lowest BCUT2D eigenvalue weighted by atomic mass is 10.1. The number of halogens is 2. The summed E-state index contributed by atoms with van der Waals surface area (Å²) in [7, 11) is 1.53. The highest BCUT2D eigenvalue weighted by Gasteiger charge is 2.36. The first-order valence-corrected chi connectivity index (χ1v) is 8.44. The van der Waals surface area contributed by atoms with Crippen molar-refractivity contribution < 1.29 is 14.3 Å². The van der Waals surface area contributed by atoms with Crippen molar-refractivity contribution in [3.05, 3.63) is 52.5 Å². The topological polar surface area (TPSA) is 58.6 Å². The summed E-state index contributed by atoms with van der Waals surface area (Å²) in [6.45, 7) is 0.250. The molecule has 0 bridgehead atoms. The summed E-state index contributed by atoms with van der Waals surface area (Å²) in [5, 5.41) is 3.72. The lowest BCUT2D eigenvalue weighted by Crippen LogP contribution is -2.28. The molecular formula is C18H16Cl2N2O3. The van der Waals surface area contributed by atoms with Gasteiger partial charge in [0.25, 0.3) is 0 Å². The van der Waals surface area contributed by atoms with E-state index in [1.165, 1.54) is 12.0 Å². The molecule has 1 aliphatic rings. The highest BCUT2D eigenvalue weighted by molar-refractivity contribution is 6.36. The predicted octanol–water partition coefficient (Wildman–Crippen LogP) is 3.99. The van der Waals surface area contributed by atoms with Crippen molar-refractivity contribution in [3.63, 3.8) is 0 Å². The molecule has 2 aromatic carbocycles. The molecule has 25 heavy (non-hydrogen) atoms. The summed E-state index contributed by atoms with van der Waals surface area (Å²) in [4.78, 5) is 26.4. The number of amides is 2. The first-order chi connectivity index (χ1) is 12.0. The molecule has 1 N–H and O–H groups in total. The van der Waals surface area contributed by atoms with Crippen LogP contribution in [0.25, 0.3) is 0 Å². The van der Waals surface area contributed by atoms with Crippen molar-refractivity contribution in [2.45, 2.75) is 6.42 Å². The highest BCUT2D eigenvalue weighted by atomic mass is 35.5. The van der Waals surface area contributed by atoms with Gasteiger partial charge in [-0.05, 0) is 30.3 Å². The molecule has 0 spiro atoms. The average molecular weight is 379 g/mol. The summed E-state index contributed by atoms with van der Waals surface area (Å²) in [6.07, 6.45) is 0.115. The van der Waals surface area contributed by atoms with Gasteiger partial charge in [0.05, 0.1) is 29.4 Å². The van der Waals surface area contributed by atoms with Crippen LogP contribution in [0.3, 0.4) is 0 Å². The number of hydrogen-bond acceptors (Lipinski definition) is 3. The van der Waals surface area contributed by atoms with Crippen LogP contribution in [-0.4, -0.2) is 25.5 Å². The van der Waals surface area contributed by atoms with Gasteiger partial charge in [0.1, 0.15) is 5.75 Å². The minimum atomic E-state index is -0.479. The van der Waals surface area contributed by atoms with E-state index in [0.717, 1.165) is 0 Å². The third-order valence-corrected chi connectivity index (χ3v) is 4.61. The second kappa shape index (κ2) is 7.33. The molecule has 0 unspecified atom stereocenters. The third-order valence-electron chi connectivity index (χ3n) is 4.06. The Kier molecular flexibility index (Phi) is 5.16. The van der Waals surface area contributed by atoms with Gasteiger partial charge in [0, 0.05) is 18.0 Å². The number of carbonyl (C=O) groups is 2. The largest absolute Gasteiger partial charge is 0.495 e. The fourth-order valence-electron chi connectivity index (χ4n) is 2.79. The molecular weight excluding hydrogens is 363 g/mol. The van der Waals surface area contributed by atoms with Crippen molar-refractivity contribution in [2.24, 2.45) is 5.92 Å². The Morgan fingerprint density at radius 3 is 2.76 bits per heavy atom. The van der Waals surface area contributed by atoms with E-state index < -0.39 is 5.92 Å². The Bertz CT molecular complexity index is 826. The van der Waals surface area contributed by atoms with Gasteiger partial charge in [-0.25, -0.2) is 0 Å². The van der Waals surface area contributed by atoms with Crippen LogP contribution in [-0.2, 0) is 9.59 Å². The van der Waals surface area contributed by atoms with Crippen molar-refractivity contribution in [1.29, 1.82) is 0 Å². The second-order valence-corrected chi connectivity index (χ2v) is 6.53. The van der Waals surface area contributed by atoms with E-state index in [1.54, 1.807) is 36.4 Å². The fraction of sp³-hybridized carbons (Fsp3) is 0.222. The smallest absolute Gasteiger partial charge is 0.229 e. The lowest BCUT2D eigenvalue weighted by Gasteiger charge is -2.18. The van der Waals surface area contributed by atoms with Gasteiger partial charge in [-0.3, -0.25) is 9.59 Å². The summed E-state index contributed by atoms with van der Waals surface area (Å²) in [6, 6.07) is 12.0. The van der Waals surface area contributed by atoms with E-state index in [-0.39, 0.29) is 24.8 Å². The molecule has 0 aliphatic carbocycles. The van der Waals surface area contributed by atoms with Gasteiger partial charge in [0.2, 0.25) is 11.8 Å². The standard InChI is InChI=1S/C18H16Cl2N2O3/c1-25-16-5-3-2-4-14(16)21-18(24)11-8-17(23)22(10-11)15-9-12(19)6-7-13(15)20/h2-7,9,11H,8,10H2,1H3,(H,21,24)/t11-/m1/s1. The zero-order chi connectivity index (χ0) is 18.0. The van der Waals surface area contributed by atoms with Crippen LogP contribution in [0.15, 0.2) is 42.5 Å². The Labute approximate surface area is 155 Å². The molecule has 1 saturated heterocycles. The minimum absolute atomic E-state index is 0.115. The molecule has 1 heterocycles. The van der Waals surface area contributed by atoms with Gasteiger partial charge in [-0.2, -0.15) is 0 Å². The molecule has 1 aliphatic heterocycles. The van der Waals surface area contributed by atoms with Crippen LogP contribution in [0.5, 0.6) is 5.75 Å². The highest BCUT2D eigenvalue weighted by Crippen LogP contribution is 2.34. The van der Waals surface area contributed by atoms with Crippen LogP contribution in [0.1, 0.15) is 6.42 Å². The molecule has 0 saturated carbocycles. The minimum Gasteiger partial charge on any atom is -0.495 e. The first-order valence-electron chi connectivity index (χ1n) is 7.69. The number of para-hydroxylation sites is 2. The normalized spacial score (nSPS) is 16.8. The second-order valence-electron chi connectivity index (χ2n) is 5.69. The van der Waals surface area contributed by atoms with Crippen molar-refractivity contribution in [1.82, 2.24) is 0 Å². The molecule has 2 aromatic rings. The van der Waals surface area contributed by atoms with E-state index in [0.29, 0.717) is 27.2 Å². The first kappa shape index (κ1) is 17.6. The molecule has 3 rings (SSSR count). The number of ether oxygens (including phenoxy) is 1. The van der Waals surface area contributed by atoms with Crippen LogP contribution >= 0.6 is 23.2 Å². The lowest BCUT2D eigenvalue weighted by molar-refractivity contribution is -0.122. The third kappa shape index (κ3) is 3.72. The molecule has 5 nitrogen and oxygen atoms in total. The zero-order valence-corrected chi connectivity index (χ0v) is 15.0. The van der Waals surface area contributed by atoms with Gasteiger partial charge >= 0.3 is 0 Å². The van der Waals surface area contributed by atoms with Crippen molar-refractivity contribution in [3.8, 4) is 5.75 Å². The Morgan fingerprint density at radius 2 is 2.00 bits per heavy atom. The van der Waals surface area contributed by atoms with Crippen LogP contribution in [0.2, 0.25) is 10.0 Å². The van der Waals surface area contributed by atoms with E-state index >= 15 is 0 Å². The van der Waals surface area contributed by atoms with Crippen LogP contribution in [0, 0.1) is 5.92 Å². The molecule has 0 aromatic heterocycles. The van der Waals surface area contributed by atoms with Crippen LogP contribution < -0.4 is 15.0 Å². The summed E-state index contributed by atoms with van der Waals surface area (Å²) < 4.78 is 5.23. The fourth-order valence-corrected chi connectivity index (χ4v) is 3.18. The number of nitrogens with one attached hydrogen (secondary N) is 1. The van der Waals surface area contributed by atoms with Crippen molar-refractivity contribution in [2.75, 3.05) is 23.9 Å². The molecule has 2 amide bonds. The Hall–Kier alpha value is -2.24. The zero-order valence-electron chi connectivity index (χ0n) is 13.5. The number of hydrogen-bond donors (Lipinski definition) is 1. The van der Waals surface area contributed by atoms with E-state index in [9.17, 15) is 9.59 Å². The SMILES string of the molecule is COc1ccccc1NC(=O)[C@@H]1CC(=O)N(c2cc(Cl)ccc2Cl)C1. The molecule has 1 fully saturated rings. The summed E-state index contributed by atoms with van der Waals surface area (Å²) in [5.41, 5.74) is 1.09. The molecule has 7 heteroatoms. The number of nitrogens with zero attached hydrogens (tertiary/aromatic N) is 1. The maximum atomic E-state index is 12.6. The number of carbonyl (C=O) groups excluding carboxylic acids is 2. The Balaban J connectivity index is 1.76. The number of benzene rings is 2. The number of methoxy groups -OCH3 is 1. The number of rotatable bonds is 4. The maximum absolute atomic E-state index is 12.6. The molecule has 130 valence electrons. The quantitative estimate of drug-likeness (QED) is 0.874. The molecule has 1 atom stereocenters. The van der Waals surface area contributed by atoms with Crippen molar-refractivity contribution >= 4 is 46.4 Å². The average Bonchev–Trinajstić information content (AvgIpc) is 2.99. The molecule has 0 radical (unpaired) electrons. The van der Waals surface area contributed by atoms with Gasteiger partial charge in [0.15, 0.2) is 0 Å². The van der Waals surface area contributed by atoms with Crippen LogP contribution in [0.4, 0.5) is 11.4 Å². The van der Waals surface area contributed by atoms with E-state index in [4.69, 9.17) is 27.9 Å². The maximum Gasteiger partial charge on any atom is 0.229 e. The van der Waals surface area contributed by atoms with Gasteiger partial charge < -0.3 is 15.0 Å². The van der Waals surface area contributed by atoms with E-state index in [1.807, 2.05) is 6.07 Å². The Morgan fingerprint density at radius 1 is 1.24 bits per heavy atom. The summed E-state index contributed by atoms with van der Waals surface area (Å²) in [5.74, 6) is -0.315. The van der Waals surface area contributed by atoms with E-state index in [2.05, 4.69) is 5.32 Å². The predicted molar refractivity (Wildman–Crippen MR) is 98.5 cm³/mol. The summed E-state index contributed by atoms with van der Waals surface area (Å²) >= 11 is 12.2. The monoisotopic (exact) mass is 378 g/mol. The number of anilines is 2. The van der Waals surface area contributed by atoms with Gasteiger partial charge in [-0.1, -0.05) is 35.3 Å². The van der Waals surface area contributed by atoms with Gasteiger partial charge in [-0.15, -0.1) is 0 Å².